The van der Waals surface area contributed by atoms with E-state index < -0.39 is 27.7 Å². The van der Waals surface area contributed by atoms with Crippen LogP contribution in [0.2, 0.25) is 0 Å². The molecule has 2 aromatic rings. The molecular formula is C17H19F5OS. The summed E-state index contributed by atoms with van der Waals surface area (Å²) in [6.07, 6.45) is -0.689. The average Bonchev–Trinajstić information content (AvgIpc) is 2.45. The van der Waals surface area contributed by atoms with E-state index in [9.17, 15) is 19.4 Å². The van der Waals surface area contributed by atoms with Gasteiger partial charge in [-0.05, 0) is 25.0 Å². The number of ether oxygens (including phenoxy) is 1. The molecule has 0 aromatic heterocycles. The Morgan fingerprint density at radius 3 is 1.46 bits per heavy atom. The Kier molecular flexibility index (Phi) is 4.26. The quantitative estimate of drug-likeness (QED) is 0.520. The summed E-state index contributed by atoms with van der Waals surface area (Å²) in [5, 5.41) is 0. The van der Waals surface area contributed by atoms with Gasteiger partial charge in [0.25, 0.3) is 10.2 Å². The van der Waals surface area contributed by atoms with Crippen LogP contribution < -0.4 is 0 Å². The summed E-state index contributed by atoms with van der Waals surface area (Å²) < 4.78 is 72.8. The van der Waals surface area contributed by atoms with E-state index >= 15 is 0 Å². The standard InChI is InChI=1S/C17H19F5OS/c1-14(2)23-17(13-24(18,19,20,21)22,15-9-5-3-6-10-15)16-11-7-4-8-12-16/h3-12,14H,13H2,1-2H3. The van der Waals surface area contributed by atoms with Gasteiger partial charge in [-0.25, -0.2) is 0 Å². The lowest BCUT2D eigenvalue weighted by Crippen LogP contribution is -2.41. The van der Waals surface area contributed by atoms with Gasteiger partial charge in [-0.1, -0.05) is 80.1 Å². The molecule has 0 radical (unpaired) electrons. The highest BCUT2D eigenvalue weighted by atomic mass is 32.5. The normalized spacial score (nSPS) is 15.8. The molecule has 24 heavy (non-hydrogen) atoms. The van der Waals surface area contributed by atoms with Crippen molar-refractivity contribution in [1.29, 1.82) is 0 Å². The Morgan fingerprint density at radius 2 is 1.17 bits per heavy atom. The molecule has 0 aliphatic rings. The van der Waals surface area contributed by atoms with Crippen molar-refractivity contribution in [1.82, 2.24) is 0 Å². The van der Waals surface area contributed by atoms with Crippen LogP contribution in [0.5, 0.6) is 0 Å². The van der Waals surface area contributed by atoms with E-state index in [-0.39, 0.29) is 11.1 Å². The zero-order valence-corrected chi connectivity index (χ0v) is 14.1. The highest BCUT2D eigenvalue weighted by molar-refractivity contribution is 8.45. The first-order valence-electron chi connectivity index (χ1n) is 7.33. The Bertz CT molecular complexity index is 644. The largest absolute Gasteiger partial charge is 0.362 e. The summed E-state index contributed by atoms with van der Waals surface area (Å²) in [5.74, 6) is -2.35. The molecule has 0 saturated carbocycles. The second-order valence-electron chi connectivity index (χ2n) is 6.00. The first-order valence-corrected chi connectivity index (χ1v) is 9.45. The molecule has 0 amide bonds. The molecule has 0 heterocycles. The van der Waals surface area contributed by atoms with Crippen LogP contribution in [-0.4, -0.2) is 11.9 Å². The molecule has 2 aromatic carbocycles. The second kappa shape index (κ2) is 5.46. The van der Waals surface area contributed by atoms with Crippen LogP contribution in [0.15, 0.2) is 60.7 Å². The fourth-order valence-corrected chi connectivity index (χ4v) is 3.87. The lowest BCUT2D eigenvalue weighted by molar-refractivity contribution is -0.0458. The van der Waals surface area contributed by atoms with E-state index in [1.807, 2.05) is 0 Å². The summed E-state index contributed by atoms with van der Waals surface area (Å²) in [4.78, 5) is 0. The first kappa shape index (κ1) is 18.7. The average molecular weight is 366 g/mol. The van der Waals surface area contributed by atoms with Crippen LogP contribution in [-0.2, 0) is 10.3 Å². The maximum Gasteiger partial charge on any atom is 0.289 e. The number of halogens is 5. The van der Waals surface area contributed by atoms with Gasteiger partial charge in [-0.15, -0.1) is 0 Å². The number of hydrogen-bond acceptors (Lipinski definition) is 1. The van der Waals surface area contributed by atoms with Gasteiger partial charge < -0.3 is 4.74 Å². The first-order chi connectivity index (χ1) is 10.8. The summed E-state index contributed by atoms with van der Waals surface area (Å²) >= 11 is 0. The highest BCUT2D eigenvalue weighted by Crippen LogP contribution is 2.98. The minimum Gasteiger partial charge on any atom is -0.362 e. The van der Waals surface area contributed by atoms with Gasteiger partial charge in [0, 0.05) is 0 Å². The minimum atomic E-state index is -9.77. The fourth-order valence-electron chi connectivity index (χ4n) is 2.70. The Balaban J connectivity index is 2.75. The van der Waals surface area contributed by atoms with Crippen molar-refractivity contribution in [2.24, 2.45) is 0 Å². The van der Waals surface area contributed by atoms with E-state index in [4.69, 9.17) is 4.74 Å². The van der Waals surface area contributed by atoms with Crippen molar-refractivity contribution in [3.63, 3.8) is 0 Å². The molecule has 0 saturated heterocycles. The topological polar surface area (TPSA) is 9.23 Å². The summed E-state index contributed by atoms with van der Waals surface area (Å²) in [7, 11) is -9.77. The lowest BCUT2D eigenvalue weighted by Gasteiger charge is -2.48. The number of hydrogen-bond donors (Lipinski definition) is 0. The van der Waals surface area contributed by atoms with Gasteiger partial charge in [-0.2, -0.15) is 0 Å². The highest BCUT2D eigenvalue weighted by Gasteiger charge is 2.68. The molecular weight excluding hydrogens is 347 g/mol. The van der Waals surface area contributed by atoms with Crippen LogP contribution in [0.1, 0.15) is 25.0 Å². The van der Waals surface area contributed by atoms with Crippen LogP contribution >= 0.6 is 10.2 Å². The molecule has 0 unspecified atom stereocenters. The smallest absolute Gasteiger partial charge is 0.289 e. The number of benzene rings is 2. The van der Waals surface area contributed by atoms with E-state index in [0.717, 1.165) is 0 Å². The zero-order valence-electron chi connectivity index (χ0n) is 13.3. The van der Waals surface area contributed by atoms with Crippen LogP contribution in [0, 0.1) is 0 Å². The van der Waals surface area contributed by atoms with E-state index in [1.165, 1.54) is 62.4 Å². The van der Waals surface area contributed by atoms with Crippen molar-refractivity contribution in [3.8, 4) is 0 Å². The summed E-state index contributed by atoms with van der Waals surface area (Å²) in [6.45, 7) is 3.04. The molecule has 134 valence electrons. The molecule has 0 atom stereocenters. The van der Waals surface area contributed by atoms with Crippen LogP contribution in [0.25, 0.3) is 0 Å². The van der Waals surface area contributed by atoms with Gasteiger partial charge in [0.1, 0.15) is 11.4 Å². The van der Waals surface area contributed by atoms with Crippen LogP contribution in [0.3, 0.4) is 0 Å². The molecule has 0 aliphatic carbocycles. The van der Waals surface area contributed by atoms with Gasteiger partial charge in [0.05, 0.1) is 6.10 Å². The van der Waals surface area contributed by atoms with Gasteiger partial charge >= 0.3 is 0 Å². The molecule has 2 rings (SSSR count). The van der Waals surface area contributed by atoms with Crippen molar-refractivity contribution >= 4 is 10.2 Å². The Morgan fingerprint density at radius 1 is 0.792 bits per heavy atom. The third-order valence-corrected chi connectivity index (χ3v) is 4.35. The fraction of sp³-hybridized carbons (Fsp3) is 0.294. The summed E-state index contributed by atoms with van der Waals surface area (Å²) in [6, 6.07) is 14.7. The third kappa shape index (κ3) is 4.95. The summed E-state index contributed by atoms with van der Waals surface area (Å²) in [5.41, 5.74) is -2.23. The predicted molar refractivity (Wildman–Crippen MR) is 87.9 cm³/mol. The maximum atomic E-state index is 13.5. The van der Waals surface area contributed by atoms with E-state index in [2.05, 4.69) is 0 Å². The van der Waals surface area contributed by atoms with Gasteiger partial charge in [-0.3, -0.25) is 0 Å². The molecule has 0 N–H and O–H groups in total. The molecule has 0 fully saturated rings. The SMILES string of the molecule is CC(C)OC(CS(F)(F)(F)(F)F)(c1ccccc1)c1ccccc1. The van der Waals surface area contributed by atoms with Crippen molar-refractivity contribution < 1.29 is 24.2 Å². The van der Waals surface area contributed by atoms with E-state index in [1.54, 1.807) is 12.1 Å². The minimum absolute atomic E-state index is 0.0400. The predicted octanol–water partition coefficient (Wildman–Crippen LogP) is 6.65. The molecule has 0 aliphatic heterocycles. The van der Waals surface area contributed by atoms with Gasteiger partial charge in [0.2, 0.25) is 0 Å². The maximum absolute atomic E-state index is 13.5. The van der Waals surface area contributed by atoms with Crippen molar-refractivity contribution in [2.75, 3.05) is 5.75 Å². The van der Waals surface area contributed by atoms with Crippen LogP contribution in [0.4, 0.5) is 19.4 Å². The molecule has 0 bridgehead atoms. The third-order valence-electron chi connectivity index (χ3n) is 3.39. The lowest BCUT2D eigenvalue weighted by atomic mass is 9.87. The zero-order chi connectivity index (χ0) is 18.1. The molecule has 0 spiro atoms. The van der Waals surface area contributed by atoms with E-state index in [0.29, 0.717) is 0 Å². The Labute approximate surface area is 138 Å². The molecule has 7 heteroatoms. The number of rotatable bonds is 6. The van der Waals surface area contributed by atoms with Crippen molar-refractivity contribution in [2.45, 2.75) is 25.6 Å². The Hall–Kier alpha value is -1.60. The second-order valence-corrected chi connectivity index (χ2v) is 8.54. The van der Waals surface area contributed by atoms with Crippen molar-refractivity contribution in [3.05, 3.63) is 71.8 Å². The van der Waals surface area contributed by atoms with Gasteiger partial charge in [0.15, 0.2) is 0 Å². The molecule has 1 nitrogen and oxygen atoms in total. The monoisotopic (exact) mass is 366 g/mol.